The molecule has 0 aliphatic heterocycles. The van der Waals surface area contributed by atoms with Gasteiger partial charge in [-0.1, -0.05) is 12.1 Å². The van der Waals surface area contributed by atoms with Gasteiger partial charge in [0.25, 0.3) is 0 Å². The summed E-state index contributed by atoms with van der Waals surface area (Å²) in [5.74, 6) is -0.0628. The molecule has 0 saturated heterocycles. The number of amides is 1. The molecule has 1 aromatic carbocycles. The molecule has 0 aromatic heterocycles. The lowest BCUT2D eigenvalue weighted by atomic mass is 10.2. The number of hydrogen-bond donors (Lipinski definition) is 2. The van der Waals surface area contributed by atoms with E-state index in [1.165, 1.54) is 6.92 Å². The lowest BCUT2D eigenvalue weighted by Crippen LogP contribution is -2.31. The highest BCUT2D eigenvalue weighted by Gasteiger charge is 2.06. The maximum absolute atomic E-state index is 10.9. The van der Waals surface area contributed by atoms with E-state index in [9.17, 15) is 4.79 Å². The van der Waals surface area contributed by atoms with Crippen LogP contribution in [0.5, 0.6) is 0 Å². The minimum atomic E-state index is -0.205. The number of nitrogens with one attached hydrogen (secondary N) is 2. The van der Waals surface area contributed by atoms with Gasteiger partial charge in [-0.25, -0.2) is 0 Å². The van der Waals surface area contributed by atoms with Crippen LogP contribution in [0.4, 0.5) is 5.69 Å². The van der Waals surface area contributed by atoms with Crippen molar-refractivity contribution in [1.29, 1.82) is 0 Å². The Labute approximate surface area is 120 Å². The predicted molar refractivity (Wildman–Crippen MR) is 79.5 cm³/mol. The van der Waals surface area contributed by atoms with E-state index in [-0.39, 0.29) is 12.2 Å². The van der Waals surface area contributed by atoms with Gasteiger partial charge in [-0.3, -0.25) is 4.79 Å². The van der Waals surface area contributed by atoms with E-state index in [0.717, 1.165) is 17.8 Å². The molecule has 2 N–H and O–H groups in total. The van der Waals surface area contributed by atoms with Gasteiger partial charge in [-0.05, 0) is 31.5 Å². The maximum atomic E-state index is 10.9. The van der Waals surface area contributed by atoms with Gasteiger partial charge >= 0.3 is 0 Å². The fourth-order valence-corrected chi connectivity index (χ4v) is 1.78. The zero-order valence-corrected chi connectivity index (χ0v) is 12.4. The monoisotopic (exact) mass is 280 g/mol. The number of hydrogen-bond acceptors (Lipinski definition) is 4. The molecule has 0 fully saturated rings. The minimum absolute atomic E-state index is 0.0628. The van der Waals surface area contributed by atoms with E-state index in [2.05, 4.69) is 10.6 Å². The van der Waals surface area contributed by atoms with Gasteiger partial charge in [0.1, 0.15) is 0 Å². The van der Waals surface area contributed by atoms with Crippen molar-refractivity contribution in [3.63, 3.8) is 0 Å². The van der Waals surface area contributed by atoms with E-state index >= 15 is 0 Å². The van der Waals surface area contributed by atoms with Crippen LogP contribution in [0, 0.1) is 0 Å². The van der Waals surface area contributed by atoms with Crippen LogP contribution in [-0.2, 0) is 20.8 Å². The van der Waals surface area contributed by atoms with E-state index in [0.29, 0.717) is 19.8 Å². The largest absolute Gasteiger partial charge is 0.352 e. The molecule has 5 nitrogen and oxygen atoms in total. The van der Waals surface area contributed by atoms with Crippen LogP contribution in [0.15, 0.2) is 24.3 Å². The van der Waals surface area contributed by atoms with Gasteiger partial charge in [0.05, 0.1) is 0 Å². The molecule has 20 heavy (non-hydrogen) atoms. The van der Waals surface area contributed by atoms with Crippen LogP contribution in [0.2, 0.25) is 0 Å². The number of carbonyl (C=O) groups is 1. The lowest BCUT2D eigenvalue weighted by Gasteiger charge is -2.17. The van der Waals surface area contributed by atoms with Crippen LogP contribution in [0.25, 0.3) is 0 Å². The molecule has 0 spiro atoms. The summed E-state index contributed by atoms with van der Waals surface area (Å²) >= 11 is 0. The Morgan fingerprint density at radius 3 is 2.25 bits per heavy atom. The third-order valence-electron chi connectivity index (χ3n) is 2.62. The lowest BCUT2D eigenvalue weighted by molar-refractivity contribution is -0.133. The highest BCUT2D eigenvalue weighted by Crippen LogP contribution is 2.09. The summed E-state index contributed by atoms with van der Waals surface area (Å²) in [6, 6.07) is 7.74. The second-order valence-electron chi connectivity index (χ2n) is 4.35. The Morgan fingerprint density at radius 2 is 1.75 bits per heavy atom. The Hall–Kier alpha value is -1.43. The maximum Gasteiger partial charge on any atom is 0.221 e. The number of ether oxygens (including phenoxy) is 2. The summed E-state index contributed by atoms with van der Waals surface area (Å²) in [7, 11) is 0. The third kappa shape index (κ3) is 6.65. The van der Waals surface area contributed by atoms with Crippen LogP contribution >= 0.6 is 0 Å². The molecule has 0 unspecified atom stereocenters. The van der Waals surface area contributed by atoms with Gasteiger partial charge in [0.2, 0.25) is 5.91 Å². The molecule has 1 aromatic rings. The normalized spacial score (nSPS) is 10.8. The number of anilines is 1. The van der Waals surface area contributed by atoms with E-state index in [1.54, 1.807) is 0 Å². The topological polar surface area (TPSA) is 59.6 Å². The van der Waals surface area contributed by atoms with Gasteiger partial charge < -0.3 is 20.1 Å². The highest BCUT2D eigenvalue weighted by atomic mass is 16.7. The zero-order valence-electron chi connectivity index (χ0n) is 12.4. The molecule has 0 aliphatic rings. The first-order chi connectivity index (χ1) is 9.65. The Bertz CT molecular complexity index is 387. The van der Waals surface area contributed by atoms with Crippen molar-refractivity contribution < 1.29 is 14.3 Å². The van der Waals surface area contributed by atoms with Crippen molar-refractivity contribution in [1.82, 2.24) is 5.32 Å². The smallest absolute Gasteiger partial charge is 0.221 e. The molecule has 0 radical (unpaired) electrons. The van der Waals surface area contributed by atoms with Gasteiger partial charge in [0, 0.05) is 38.9 Å². The van der Waals surface area contributed by atoms with Crippen molar-refractivity contribution in [2.75, 3.05) is 25.1 Å². The molecule has 0 saturated carbocycles. The minimum Gasteiger partial charge on any atom is -0.352 e. The number of carbonyl (C=O) groups excluding carboxylic acids is 1. The summed E-state index contributed by atoms with van der Waals surface area (Å²) in [5, 5.41) is 6.03. The van der Waals surface area contributed by atoms with Gasteiger partial charge in [-0.2, -0.15) is 0 Å². The van der Waals surface area contributed by atoms with Crippen molar-refractivity contribution in [3.8, 4) is 0 Å². The number of rotatable bonds is 9. The second-order valence-corrected chi connectivity index (χ2v) is 4.35. The summed E-state index contributed by atoms with van der Waals surface area (Å²) < 4.78 is 10.9. The first-order valence-electron chi connectivity index (χ1n) is 6.96. The van der Waals surface area contributed by atoms with Crippen LogP contribution in [0.1, 0.15) is 26.3 Å². The molecule has 5 heteroatoms. The average Bonchev–Trinajstić information content (AvgIpc) is 2.40. The molecule has 1 amide bonds. The summed E-state index contributed by atoms with van der Waals surface area (Å²) in [4.78, 5) is 10.9. The fraction of sp³-hybridized carbons (Fsp3) is 0.533. The molecule has 0 bridgehead atoms. The van der Waals surface area contributed by atoms with Gasteiger partial charge in [-0.15, -0.1) is 0 Å². The summed E-state index contributed by atoms with van der Waals surface area (Å²) in [5.41, 5.74) is 1.95. The van der Waals surface area contributed by atoms with Crippen LogP contribution in [-0.4, -0.2) is 32.0 Å². The number of benzene rings is 1. The van der Waals surface area contributed by atoms with Crippen molar-refractivity contribution in [3.05, 3.63) is 29.8 Å². The Balaban J connectivity index is 2.35. The van der Waals surface area contributed by atoms with Crippen molar-refractivity contribution in [2.45, 2.75) is 33.6 Å². The quantitative estimate of drug-likeness (QED) is 0.680. The highest BCUT2D eigenvalue weighted by molar-refractivity contribution is 5.88. The third-order valence-corrected chi connectivity index (χ3v) is 2.62. The molecule has 112 valence electrons. The van der Waals surface area contributed by atoms with Crippen molar-refractivity contribution >= 4 is 11.6 Å². The van der Waals surface area contributed by atoms with Crippen molar-refractivity contribution in [2.24, 2.45) is 0 Å². The summed E-state index contributed by atoms with van der Waals surface area (Å²) in [6.45, 7) is 8.05. The van der Waals surface area contributed by atoms with E-state index < -0.39 is 0 Å². The SMILES string of the molecule is CCOC(CNCc1ccc(NC(C)=O)cc1)OCC. The summed E-state index contributed by atoms with van der Waals surface area (Å²) in [6.07, 6.45) is -0.205. The molecule has 0 heterocycles. The average molecular weight is 280 g/mol. The van der Waals surface area contributed by atoms with Crippen LogP contribution < -0.4 is 10.6 Å². The van der Waals surface area contributed by atoms with E-state index in [1.807, 2.05) is 38.1 Å². The standard InChI is InChI=1S/C15H24N2O3/c1-4-19-15(20-5-2)11-16-10-13-6-8-14(9-7-13)17-12(3)18/h6-9,15-16H,4-5,10-11H2,1-3H3,(H,17,18). The molecular formula is C15H24N2O3. The molecular weight excluding hydrogens is 256 g/mol. The van der Waals surface area contributed by atoms with Gasteiger partial charge in [0.15, 0.2) is 6.29 Å². The first kappa shape index (κ1) is 16.6. The van der Waals surface area contributed by atoms with E-state index in [4.69, 9.17) is 9.47 Å². The Morgan fingerprint density at radius 1 is 1.15 bits per heavy atom. The molecule has 0 atom stereocenters. The predicted octanol–water partition coefficient (Wildman–Crippen LogP) is 2.13. The van der Waals surface area contributed by atoms with Crippen LogP contribution in [0.3, 0.4) is 0 Å². The Kier molecular flexibility index (Phi) is 7.87. The first-order valence-corrected chi connectivity index (χ1v) is 6.96. The fourth-order valence-electron chi connectivity index (χ4n) is 1.78. The zero-order chi connectivity index (χ0) is 14.8. The molecule has 0 aliphatic carbocycles. The molecule has 1 rings (SSSR count). The second kappa shape index (κ2) is 9.47.